The predicted molar refractivity (Wildman–Crippen MR) is 97.3 cm³/mol. The van der Waals surface area contributed by atoms with Gasteiger partial charge in [-0.15, -0.1) is 0 Å². The van der Waals surface area contributed by atoms with Crippen molar-refractivity contribution in [2.24, 2.45) is 5.16 Å². The maximum Gasteiger partial charge on any atom is 0.256 e. The van der Waals surface area contributed by atoms with Gasteiger partial charge in [0.2, 0.25) is 0 Å². The van der Waals surface area contributed by atoms with Crippen LogP contribution < -0.4 is 5.32 Å². The zero-order valence-corrected chi connectivity index (χ0v) is 15.2. The molecule has 3 rings (SSSR count). The normalized spacial score (nSPS) is 12.7. The second-order valence-corrected chi connectivity index (χ2v) is 5.72. The molecule has 1 heterocycles. The third-order valence-electron chi connectivity index (χ3n) is 3.88. The highest BCUT2D eigenvalue weighted by Crippen LogP contribution is 2.29. The number of benzene rings is 2. The van der Waals surface area contributed by atoms with Gasteiger partial charge in [0, 0.05) is 0 Å². The summed E-state index contributed by atoms with van der Waals surface area (Å²) in [5.41, 5.74) is 0.397. The summed E-state index contributed by atoms with van der Waals surface area (Å²) in [4.78, 5) is 13.8. The van der Waals surface area contributed by atoms with Crippen molar-refractivity contribution in [1.82, 2.24) is 4.90 Å². The van der Waals surface area contributed by atoms with Gasteiger partial charge in [-0.3, -0.25) is 4.79 Å². The molecule has 0 unspecified atom stereocenters. The van der Waals surface area contributed by atoms with Gasteiger partial charge in [0.25, 0.3) is 5.91 Å². The lowest BCUT2D eigenvalue weighted by atomic mass is 10.1. The minimum absolute atomic E-state index is 0.0784. The predicted octanol–water partition coefficient (Wildman–Crippen LogP) is 4.47. The molecule has 27 heavy (non-hydrogen) atoms. The molecular weight excluding hydrogens is 359 g/mol. The average molecular weight is 379 g/mol. The first-order chi connectivity index (χ1) is 12.9. The number of aryl methyl sites for hydroxylation is 1. The largest absolute Gasteiger partial charge is 0.411 e. The Morgan fingerprint density at radius 1 is 1.11 bits per heavy atom. The van der Waals surface area contributed by atoms with Gasteiger partial charge in [-0.2, -0.15) is 0 Å². The molecule has 2 aromatic rings. The zero-order valence-electron chi connectivity index (χ0n) is 15.2. The fourth-order valence-electron chi connectivity index (χ4n) is 2.48. The summed E-state index contributed by atoms with van der Waals surface area (Å²) >= 11 is 0. The average Bonchev–Trinajstić information content (AvgIpc) is 2.62. The molecule has 0 atom stereocenters. The van der Waals surface area contributed by atoms with Crippen LogP contribution in [-0.2, 0) is 0 Å². The third-order valence-corrected chi connectivity index (χ3v) is 3.88. The lowest BCUT2D eigenvalue weighted by Crippen LogP contribution is -2.50. The van der Waals surface area contributed by atoms with E-state index in [0.29, 0.717) is 11.3 Å². The van der Waals surface area contributed by atoms with E-state index in [0.717, 1.165) is 12.1 Å². The van der Waals surface area contributed by atoms with Crippen molar-refractivity contribution in [2.45, 2.75) is 20.8 Å². The molecule has 0 bridgehead atoms. The molecule has 0 spiro atoms. The van der Waals surface area contributed by atoms with Crippen LogP contribution in [0.4, 0.5) is 24.5 Å². The summed E-state index contributed by atoms with van der Waals surface area (Å²) in [6, 6.07) is 6.18. The van der Waals surface area contributed by atoms with Crippen LogP contribution in [0.1, 0.15) is 29.8 Å². The minimum atomic E-state index is -1.28. The highest BCUT2D eigenvalue weighted by atomic mass is 19.2. The Kier molecular flexibility index (Phi) is 6.44. The summed E-state index contributed by atoms with van der Waals surface area (Å²) in [7, 11) is 0. The molecule has 0 aliphatic carbocycles. The van der Waals surface area contributed by atoms with Gasteiger partial charge in [0.05, 0.1) is 35.7 Å². The number of anilines is 2. The van der Waals surface area contributed by atoms with E-state index in [-0.39, 0.29) is 24.3 Å². The van der Waals surface area contributed by atoms with Crippen molar-refractivity contribution >= 4 is 23.0 Å². The number of nitrogens with zero attached hydrogens (tertiary/aromatic N) is 2. The van der Waals surface area contributed by atoms with Crippen LogP contribution in [0.5, 0.6) is 0 Å². The van der Waals surface area contributed by atoms with Crippen molar-refractivity contribution in [2.75, 3.05) is 18.4 Å². The monoisotopic (exact) mass is 379 g/mol. The van der Waals surface area contributed by atoms with Crippen molar-refractivity contribution in [3.8, 4) is 0 Å². The second-order valence-electron chi connectivity index (χ2n) is 5.72. The van der Waals surface area contributed by atoms with Gasteiger partial charge >= 0.3 is 0 Å². The third kappa shape index (κ3) is 4.21. The maximum atomic E-state index is 14.3. The van der Waals surface area contributed by atoms with Gasteiger partial charge in [-0.1, -0.05) is 25.1 Å². The zero-order chi connectivity index (χ0) is 20.1. The summed E-state index contributed by atoms with van der Waals surface area (Å²) < 4.78 is 41.9. The SMILES string of the molecule is CC.Cc1ccc(Nc2c(C(=O)N3CC(=NO)C3)ccc(F)c2F)c(F)c1. The molecule has 2 N–H and O–H groups in total. The summed E-state index contributed by atoms with van der Waals surface area (Å²) in [5.74, 6) is -3.67. The van der Waals surface area contributed by atoms with Crippen LogP contribution >= 0.6 is 0 Å². The van der Waals surface area contributed by atoms with Gasteiger partial charge in [0.1, 0.15) is 5.82 Å². The van der Waals surface area contributed by atoms with E-state index in [9.17, 15) is 18.0 Å². The van der Waals surface area contributed by atoms with Crippen LogP contribution in [0.15, 0.2) is 35.5 Å². The highest BCUT2D eigenvalue weighted by Gasteiger charge is 2.31. The number of oxime groups is 1. The van der Waals surface area contributed by atoms with E-state index in [2.05, 4.69) is 10.5 Å². The first-order valence-electron chi connectivity index (χ1n) is 8.41. The molecule has 2 aromatic carbocycles. The number of hydrogen-bond acceptors (Lipinski definition) is 4. The highest BCUT2D eigenvalue weighted by molar-refractivity contribution is 6.07. The van der Waals surface area contributed by atoms with Crippen LogP contribution in [0.2, 0.25) is 0 Å². The quantitative estimate of drug-likeness (QED) is 0.611. The molecule has 144 valence electrons. The Hall–Kier alpha value is -3.03. The number of halogens is 3. The van der Waals surface area contributed by atoms with Gasteiger partial charge < -0.3 is 15.4 Å². The van der Waals surface area contributed by atoms with Crippen LogP contribution in [-0.4, -0.2) is 34.8 Å². The van der Waals surface area contributed by atoms with Crippen LogP contribution in [0, 0.1) is 24.4 Å². The number of amides is 1. The smallest absolute Gasteiger partial charge is 0.256 e. The topological polar surface area (TPSA) is 64.9 Å². The molecule has 1 aliphatic heterocycles. The Labute approximate surface area is 155 Å². The van der Waals surface area contributed by atoms with E-state index < -0.39 is 29.0 Å². The molecule has 5 nitrogen and oxygen atoms in total. The number of carbonyl (C=O) groups is 1. The van der Waals surface area contributed by atoms with Crippen LogP contribution in [0.25, 0.3) is 0 Å². The number of likely N-dealkylation sites (tertiary alicyclic amines) is 1. The fourth-order valence-corrected chi connectivity index (χ4v) is 2.48. The van der Waals surface area contributed by atoms with Crippen molar-refractivity contribution < 1.29 is 23.2 Å². The molecular formula is C19H20F3N3O2. The second kappa shape index (κ2) is 8.57. The van der Waals surface area contributed by atoms with E-state index >= 15 is 0 Å². The Bertz CT molecular complexity index is 877. The fraction of sp³-hybridized carbons (Fsp3) is 0.263. The van der Waals surface area contributed by atoms with E-state index in [4.69, 9.17) is 5.21 Å². The van der Waals surface area contributed by atoms with Crippen molar-refractivity contribution in [3.05, 3.63) is 58.9 Å². The molecule has 0 saturated carbocycles. The summed E-state index contributed by atoms with van der Waals surface area (Å²) in [6.45, 7) is 5.87. The summed E-state index contributed by atoms with van der Waals surface area (Å²) in [6.07, 6.45) is 0. The molecule has 0 radical (unpaired) electrons. The summed E-state index contributed by atoms with van der Waals surface area (Å²) in [5, 5.41) is 14.1. The van der Waals surface area contributed by atoms with Gasteiger partial charge in [-0.25, -0.2) is 13.2 Å². The first-order valence-corrected chi connectivity index (χ1v) is 8.41. The molecule has 1 amide bonds. The lowest BCUT2D eigenvalue weighted by molar-refractivity contribution is 0.0765. The molecule has 0 aromatic heterocycles. The maximum absolute atomic E-state index is 14.3. The van der Waals surface area contributed by atoms with E-state index in [1.165, 1.54) is 17.0 Å². The minimum Gasteiger partial charge on any atom is -0.411 e. The Morgan fingerprint density at radius 2 is 1.78 bits per heavy atom. The molecule has 8 heteroatoms. The molecule has 1 aliphatic rings. The van der Waals surface area contributed by atoms with E-state index in [1.807, 2.05) is 13.8 Å². The van der Waals surface area contributed by atoms with Crippen molar-refractivity contribution in [3.63, 3.8) is 0 Å². The van der Waals surface area contributed by atoms with Crippen molar-refractivity contribution in [1.29, 1.82) is 0 Å². The standard InChI is InChI=1S/C17H14F3N3O2.C2H6/c1-9-2-5-14(13(19)6-9)21-16-11(3-4-12(18)15(16)20)17(24)23-7-10(8-23)22-25;1-2/h2-6,21,25H,7-8H2,1H3;1-2H3. The van der Waals surface area contributed by atoms with Crippen LogP contribution in [0.3, 0.4) is 0 Å². The molecule has 1 saturated heterocycles. The number of nitrogens with one attached hydrogen (secondary N) is 1. The Balaban J connectivity index is 0.00000126. The molecule has 1 fully saturated rings. The number of hydrogen-bond donors (Lipinski definition) is 2. The van der Waals surface area contributed by atoms with E-state index in [1.54, 1.807) is 13.0 Å². The lowest BCUT2D eigenvalue weighted by Gasteiger charge is -2.32. The Morgan fingerprint density at radius 3 is 2.37 bits per heavy atom. The van der Waals surface area contributed by atoms with Gasteiger partial charge in [-0.05, 0) is 36.8 Å². The number of rotatable bonds is 3. The number of carbonyl (C=O) groups excluding carboxylic acids is 1. The first kappa shape index (κ1) is 20.3. The van der Waals surface area contributed by atoms with Gasteiger partial charge in [0.15, 0.2) is 11.6 Å².